The summed E-state index contributed by atoms with van der Waals surface area (Å²) < 4.78 is 0. The van der Waals surface area contributed by atoms with Crippen molar-refractivity contribution in [3.63, 3.8) is 0 Å². The third kappa shape index (κ3) is 16.0. The van der Waals surface area contributed by atoms with Crippen molar-refractivity contribution in [3.05, 3.63) is 329 Å². The number of pyridine rings is 4. The Balaban J connectivity index is 0.000000104. The summed E-state index contributed by atoms with van der Waals surface area (Å²) in [5.74, 6) is 0. The van der Waals surface area contributed by atoms with Crippen LogP contribution in [0.1, 0.15) is 0 Å². The van der Waals surface area contributed by atoms with Crippen molar-refractivity contribution in [2.75, 3.05) is 0 Å². The molecule has 420 valence electrons. The maximum atomic E-state index is 4.58. The summed E-state index contributed by atoms with van der Waals surface area (Å²) >= 11 is 0. The highest BCUT2D eigenvalue weighted by Gasteiger charge is 2.00. The lowest BCUT2D eigenvalue weighted by Crippen LogP contribution is -1.85. The van der Waals surface area contributed by atoms with Crippen molar-refractivity contribution >= 4 is 109 Å². The molecule has 0 saturated carbocycles. The molecule has 14 heteroatoms. The van der Waals surface area contributed by atoms with Gasteiger partial charge in [-0.15, -0.1) is 0 Å². The highest BCUT2D eigenvalue weighted by atomic mass is 15.1. The van der Waals surface area contributed by atoms with E-state index < -0.39 is 0 Å². The summed E-state index contributed by atoms with van der Waals surface area (Å²) in [6.07, 6.45) is 19.1. The molecule has 18 aromatic rings. The predicted molar refractivity (Wildman–Crippen MR) is 356 cm³/mol. The highest BCUT2D eigenvalue weighted by Crippen LogP contribution is 2.20. The molecular formula is C74H54N14. The Hall–Kier alpha value is -12.4. The van der Waals surface area contributed by atoms with E-state index in [-0.39, 0.29) is 0 Å². The molecule has 0 atom stereocenters. The van der Waals surface area contributed by atoms with Gasteiger partial charge in [0.2, 0.25) is 0 Å². The first-order valence-electron chi connectivity index (χ1n) is 28.1. The van der Waals surface area contributed by atoms with E-state index in [0.29, 0.717) is 0 Å². The zero-order valence-corrected chi connectivity index (χ0v) is 47.4. The van der Waals surface area contributed by atoms with Crippen molar-refractivity contribution in [1.29, 1.82) is 0 Å². The van der Waals surface area contributed by atoms with Crippen molar-refractivity contribution in [3.8, 4) is 0 Å². The SMILES string of the molecule is c1ccc2cnccc2c1.c1ccc2cnncc2c1.c1ccc2nc3ccccc3cc2c1.c1ccc2nc3ccccc3nc2c1.c1ccc2nccnc2c1.c1ccc2ncncc2c1.c1ccc2nnccc2c1.c1cnc2ncccc2c1. The number of benzene rings is 9. The minimum absolute atomic E-state index is 0.810. The van der Waals surface area contributed by atoms with Crippen LogP contribution in [-0.4, -0.2) is 70.2 Å². The second-order valence-electron chi connectivity index (χ2n) is 19.2. The van der Waals surface area contributed by atoms with Gasteiger partial charge in [0.15, 0.2) is 5.65 Å². The maximum Gasteiger partial charge on any atom is 0.159 e. The van der Waals surface area contributed by atoms with Gasteiger partial charge < -0.3 is 0 Å². The first kappa shape index (κ1) is 57.4. The Morgan fingerprint density at radius 3 is 1.08 bits per heavy atom. The number of hydrogen-bond acceptors (Lipinski definition) is 14. The summed E-state index contributed by atoms with van der Waals surface area (Å²) in [4.78, 5) is 42.0. The molecule has 18 rings (SSSR count). The van der Waals surface area contributed by atoms with Crippen molar-refractivity contribution < 1.29 is 0 Å². The van der Waals surface area contributed by atoms with Crippen LogP contribution in [0.5, 0.6) is 0 Å². The van der Waals surface area contributed by atoms with E-state index in [1.54, 1.807) is 49.7 Å². The number of nitrogens with zero attached hydrogens (tertiary/aromatic N) is 14. The molecule has 88 heavy (non-hydrogen) atoms. The van der Waals surface area contributed by atoms with Crippen LogP contribution in [0.3, 0.4) is 0 Å². The first-order chi connectivity index (χ1) is 43.7. The highest BCUT2D eigenvalue weighted by molar-refractivity contribution is 5.92. The monoisotopic (exact) mass is 1140 g/mol. The zero-order chi connectivity index (χ0) is 59.6. The van der Waals surface area contributed by atoms with Crippen LogP contribution >= 0.6 is 0 Å². The molecule has 0 aliphatic heterocycles. The topological polar surface area (TPSA) is 180 Å². The van der Waals surface area contributed by atoms with Crippen LogP contribution in [-0.2, 0) is 0 Å². The molecule has 0 amide bonds. The smallest absolute Gasteiger partial charge is 0.159 e. The average Bonchev–Trinajstić information content (AvgIpc) is 3.77. The number of para-hydroxylation sites is 9. The third-order valence-electron chi connectivity index (χ3n) is 13.3. The summed E-state index contributed by atoms with van der Waals surface area (Å²) in [6.45, 7) is 0. The lowest BCUT2D eigenvalue weighted by molar-refractivity contribution is 1.05. The van der Waals surface area contributed by atoms with Crippen LogP contribution in [0.25, 0.3) is 109 Å². The number of rotatable bonds is 0. The lowest BCUT2D eigenvalue weighted by atomic mass is 10.1. The van der Waals surface area contributed by atoms with Gasteiger partial charge in [0.05, 0.1) is 73.8 Å². The molecule has 9 heterocycles. The van der Waals surface area contributed by atoms with Gasteiger partial charge in [0, 0.05) is 81.1 Å². The molecule has 0 N–H and O–H groups in total. The quantitative estimate of drug-likeness (QED) is 0.131. The second-order valence-corrected chi connectivity index (χ2v) is 19.2. The van der Waals surface area contributed by atoms with Crippen LogP contribution in [0.15, 0.2) is 329 Å². The molecule has 0 aliphatic rings. The molecule has 0 unspecified atom stereocenters. The fourth-order valence-corrected chi connectivity index (χ4v) is 8.92. The Bertz CT molecular complexity index is 3920. The molecule has 0 spiro atoms. The summed E-state index contributed by atoms with van der Waals surface area (Å²) in [6, 6.07) is 86.0. The summed E-state index contributed by atoms with van der Waals surface area (Å²) in [7, 11) is 0. The Morgan fingerprint density at radius 1 is 0.193 bits per heavy atom. The second kappa shape index (κ2) is 30.2. The molecule has 0 aliphatic carbocycles. The van der Waals surface area contributed by atoms with E-state index in [4.69, 9.17) is 0 Å². The number of hydrogen-bond donors (Lipinski definition) is 0. The normalized spacial score (nSPS) is 10.3. The van der Waals surface area contributed by atoms with Crippen LogP contribution in [0, 0.1) is 0 Å². The molecule has 0 bridgehead atoms. The molecule has 14 nitrogen and oxygen atoms in total. The van der Waals surface area contributed by atoms with Crippen LogP contribution in [0.4, 0.5) is 0 Å². The number of fused-ring (bicyclic) bond motifs is 10. The van der Waals surface area contributed by atoms with E-state index in [0.717, 1.165) is 87.7 Å². The Kier molecular flexibility index (Phi) is 19.7. The summed E-state index contributed by atoms with van der Waals surface area (Å²) in [5, 5.41) is 25.7. The van der Waals surface area contributed by atoms with Crippen molar-refractivity contribution in [2.45, 2.75) is 0 Å². The first-order valence-corrected chi connectivity index (χ1v) is 28.1. The van der Waals surface area contributed by atoms with E-state index in [1.807, 2.05) is 249 Å². The van der Waals surface area contributed by atoms with Gasteiger partial charge >= 0.3 is 0 Å². The third-order valence-corrected chi connectivity index (χ3v) is 13.3. The minimum Gasteiger partial charge on any atom is -0.264 e. The van der Waals surface area contributed by atoms with E-state index >= 15 is 0 Å². The van der Waals surface area contributed by atoms with Crippen LogP contribution < -0.4 is 0 Å². The average molecular weight is 1140 g/mol. The Morgan fingerprint density at radius 2 is 0.580 bits per heavy atom. The fraction of sp³-hybridized carbons (Fsp3) is 0. The largest absolute Gasteiger partial charge is 0.264 e. The predicted octanol–water partition coefficient (Wildman–Crippen LogP) is 16.6. The van der Waals surface area contributed by atoms with Crippen molar-refractivity contribution in [1.82, 2.24) is 70.2 Å². The van der Waals surface area contributed by atoms with E-state index in [2.05, 4.69) is 101 Å². The summed E-state index contributed by atoms with van der Waals surface area (Å²) in [5.41, 5.74) is 10.6. The van der Waals surface area contributed by atoms with Gasteiger partial charge in [0.25, 0.3) is 0 Å². The standard InChI is InChI=1S/C13H9N.C12H8N2.C9H7N.5C8H6N2/c1-3-7-12-10(5-1)9-11-6-2-4-8-13(11)14-12;1-2-6-10-9(5-1)13-11-7-3-4-8-12(11)14-10;1-2-4-9-7-10-6-5-8(9)3-1;1-3-7-4-2-6-10-8(7)9-5-1;1-2-4-8-7(3-1)5-9-6-10-8;1-2-4-8-6-10-9-5-7(8)3-1;1-2-4-8-7(3-1)9-5-6-10-8;1-2-4-8-7(3-1)5-6-9-10-8/h1-9H;1-8H;1-7H;5*1-6H. The van der Waals surface area contributed by atoms with Gasteiger partial charge in [-0.3, -0.25) is 15.0 Å². The molecule has 0 fully saturated rings. The molecular weight excluding hydrogens is 1080 g/mol. The molecule has 0 saturated heterocycles. The van der Waals surface area contributed by atoms with Crippen LogP contribution in [0.2, 0.25) is 0 Å². The van der Waals surface area contributed by atoms with Crippen molar-refractivity contribution in [2.24, 2.45) is 0 Å². The maximum absolute atomic E-state index is 4.58. The zero-order valence-electron chi connectivity index (χ0n) is 47.4. The molecule has 0 radical (unpaired) electrons. The lowest BCUT2D eigenvalue weighted by Gasteiger charge is -1.99. The molecule has 9 aromatic heterocycles. The number of aromatic nitrogens is 14. The van der Waals surface area contributed by atoms with Gasteiger partial charge in [-0.05, 0) is 114 Å². The molecule has 9 aromatic carbocycles. The Labute approximate surface area is 506 Å². The fourth-order valence-electron chi connectivity index (χ4n) is 8.92. The van der Waals surface area contributed by atoms with Gasteiger partial charge in [-0.25, -0.2) is 34.9 Å². The minimum atomic E-state index is 0.810. The van der Waals surface area contributed by atoms with Gasteiger partial charge in [-0.1, -0.05) is 158 Å². The van der Waals surface area contributed by atoms with Gasteiger partial charge in [0.1, 0.15) is 6.33 Å². The van der Waals surface area contributed by atoms with Gasteiger partial charge in [-0.2, -0.15) is 20.4 Å². The van der Waals surface area contributed by atoms with E-state index in [1.165, 1.54) is 21.5 Å². The van der Waals surface area contributed by atoms with E-state index in [9.17, 15) is 0 Å².